The second kappa shape index (κ2) is 5.85. The first kappa shape index (κ1) is 14.5. The molecule has 2 heterocycles. The van der Waals surface area contributed by atoms with Crippen molar-refractivity contribution in [3.8, 4) is 16.9 Å². The van der Waals surface area contributed by atoms with E-state index in [1.54, 1.807) is 7.11 Å². The standard InChI is InChI=1S/C18H17ClN2O2/c1-22-13-8-6-11(7-9-13)15-16-18(20-10-14(19)21-16)23-17(15)12-4-2-3-5-12/h6-10,12H,2-5H2,1H3. The molecule has 23 heavy (non-hydrogen) atoms. The molecule has 1 aliphatic carbocycles. The highest BCUT2D eigenvalue weighted by Crippen LogP contribution is 2.43. The van der Waals surface area contributed by atoms with E-state index in [4.69, 9.17) is 20.8 Å². The SMILES string of the molecule is COc1ccc(-c2c(C3CCCC3)oc3ncc(Cl)nc23)cc1. The molecule has 0 aliphatic heterocycles. The molecule has 0 unspecified atom stereocenters. The van der Waals surface area contributed by atoms with E-state index in [0.717, 1.165) is 41.0 Å². The van der Waals surface area contributed by atoms with Crippen molar-refractivity contribution >= 4 is 22.8 Å². The molecule has 3 aromatic rings. The molecule has 1 aliphatic rings. The average Bonchev–Trinajstić information content (AvgIpc) is 3.22. The van der Waals surface area contributed by atoms with Crippen LogP contribution in [-0.2, 0) is 0 Å². The van der Waals surface area contributed by atoms with E-state index >= 15 is 0 Å². The van der Waals surface area contributed by atoms with E-state index < -0.39 is 0 Å². The zero-order chi connectivity index (χ0) is 15.8. The minimum atomic E-state index is 0.381. The predicted molar refractivity (Wildman–Crippen MR) is 90.0 cm³/mol. The fourth-order valence-corrected chi connectivity index (χ4v) is 3.51. The van der Waals surface area contributed by atoms with Crippen LogP contribution in [0.4, 0.5) is 0 Å². The molecule has 0 bridgehead atoms. The highest BCUT2D eigenvalue weighted by Gasteiger charge is 2.27. The van der Waals surface area contributed by atoms with Gasteiger partial charge in [0.25, 0.3) is 0 Å². The van der Waals surface area contributed by atoms with Crippen LogP contribution < -0.4 is 4.74 Å². The van der Waals surface area contributed by atoms with Crippen LogP contribution in [-0.4, -0.2) is 17.1 Å². The molecule has 0 amide bonds. The number of hydrogen-bond donors (Lipinski definition) is 0. The third-order valence-electron chi connectivity index (χ3n) is 4.50. The number of rotatable bonds is 3. The van der Waals surface area contributed by atoms with Gasteiger partial charge in [0, 0.05) is 5.92 Å². The van der Waals surface area contributed by atoms with E-state index in [1.807, 2.05) is 24.3 Å². The Labute approximate surface area is 139 Å². The van der Waals surface area contributed by atoms with Crippen LogP contribution in [0.5, 0.6) is 5.75 Å². The van der Waals surface area contributed by atoms with E-state index in [1.165, 1.54) is 19.0 Å². The average molecular weight is 329 g/mol. The summed E-state index contributed by atoms with van der Waals surface area (Å²) >= 11 is 6.06. The summed E-state index contributed by atoms with van der Waals surface area (Å²) in [5, 5.41) is 0.381. The van der Waals surface area contributed by atoms with Gasteiger partial charge in [-0.3, -0.25) is 0 Å². The number of hydrogen-bond acceptors (Lipinski definition) is 4. The molecule has 4 rings (SSSR count). The Bertz CT molecular complexity index is 836. The molecular weight excluding hydrogens is 312 g/mol. The summed E-state index contributed by atoms with van der Waals surface area (Å²) in [5.41, 5.74) is 3.37. The second-order valence-corrected chi connectivity index (χ2v) is 6.28. The summed E-state index contributed by atoms with van der Waals surface area (Å²) in [6.07, 6.45) is 6.31. The van der Waals surface area contributed by atoms with Crippen molar-refractivity contribution < 1.29 is 9.15 Å². The second-order valence-electron chi connectivity index (χ2n) is 5.90. The van der Waals surface area contributed by atoms with E-state index in [-0.39, 0.29) is 0 Å². The lowest BCUT2D eigenvalue weighted by atomic mass is 9.96. The normalized spacial score (nSPS) is 15.4. The number of methoxy groups -OCH3 is 1. The van der Waals surface area contributed by atoms with Gasteiger partial charge in [-0.15, -0.1) is 0 Å². The number of nitrogens with zero attached hydrogens (tertiary/aromatic N) is 2. The monoisotopic (exact) mass is 328 g/mol. The fraction of sp³-hybridized carbons (Fsp3) is 0.333. The van der Waals surface area contributed by atoms with Crippen molar-refractivity contribution in [2.24, 2.45) is 0 Å². The van der Waals surface area contributed by atoms with Crippen molar-refractivity contribution in [1.29, 1.82) is 0 Å². The van der Waals surface area contributed by atoms with Gasteiger partial charge in [0.05, 0.1) is 18.9 Å². The Hall–Kier alpha value is -2.07. The topological polar surface area (TPSA) is 48.2 Å². The van der Waals surface area contributed by atoms with Gasteiger partial charge in [-0.2, -0.15) is 0 Å². The zero-order valence-electron chi connectivity index (χ0n) is 12.9. The molecule has 1 saturated carbocycles. The Kier molecular flexibility index (Phi) is 3.69. The maximum absolute atomic E-state index is 6.09. The first-order chi connectivity index (χ1) is 11.3. The van der Waals surface area contributed by atoms with Crippen molar-refractivity contribution in [2.45, 2.75) is 31.6 Å². The molecule has 0 radical (unpaired) electrons. The summed E-state index contributed by atoms with van der Waals surface area (Å²) in [5.74, 6) is 2.25. The van der Waals surface area contributed by atoms with Crippen molar-refractivity contribution in [2.75, 3.05) is 7.11 Å². The molecule has 0 saturated heterocycles. The van der Waals surface area contributed by atoms with E-state index in [0.29, 0.717) is 16.8 Å². The molecule has 0 atom stereocenters. The Morgan fingerprint density at radius 3 is 2.61 bits per heavy atom. The molecule has 1 aromatic carbocycles. The van der Waals surface area contributed by atoms with Gasteiger partial charge in [-0.25, -0.2) is 9.97 Å². The van der Waals surface area contributed by atoms with Gasteiger partial charge in [-0.05, 0) is 30.5 Å². The van der Waals surface area contributed by atoms with Gasteiger partial charge in [-0.1, -0.05) is 36.6 Å². The molecule has 5 heteroatoms. The van der Waals surface area contributed by atoms with Crippen LogP contribution in [0.3, 0.4) is 0 Å². The zero-order valence-corrected chi connectivity index (χ0v) is 13.6. The maximum Gasteiger partial charge on any atom is 0.246 e. The molecule has 1 fully saturated rings. The van der Waals surface area contributed by atoms with E-state index in [2.05, 4.69) is 9.97 Å². The molecule has 118 valence electrons. The van der Waals surface area contributed by atoms with Crippen LogP contribution in [0, 0.1) is 0 Å². The lowest BCUT2D eigenvalue weighted by molar-refractivity contribution is 0.415. The molecule has 4 nitrogen and oxygen atoms in total. The van der Waals surface area contributed by atoms with Crippen molar-refractivity contribution in [3.05, 3.63) is 41.4 Å². The quantitative estimate of drug-likeness (QED) is 0.662. The third-order valence-corrected chi connectivity index (χ3v) is 4.69. The Morgan fingerprint density at radius 1 is 1.17 bits per heavy atom. The maximum atomic E-state index is 6.09. The van der Waals surface area contributed by atoms with Gasteiger partial charge >= 0.3 is 0 Å². The van der Waals surface area contributed by atoms with Crippen LogP contribution in [0.1, 0.15) is 37.4 Å². The summed E-state index contributed by atoms with van der Waals surface area (Å²) < 4.78 is 11.3. The van der Waals surface area contributed by atoms with Gasteiger partial charge < -0.3 is 9.15 Å². The van der Waals surface area contributed by atoms with Gasteiger partial charge in [0.1, 0.15) is 22.2 Å². The number of benzene rings is 1. The highest BCUT2D eigenvalue weighted by molar-refractivity contribution is 6.29. The summed E-state index contributed by atoms with van der Waals surface area (Å²) in [7, 11) is 1.66. The number of furan rings is 1. The number of halogens is 1. The minimum Gasteiger partial charge on any atom is -0.497 e. The lowest BCUT2D eigenvalue weighted by Crippen LogP contribution is -1.93. The Balaban J connectivity index is 1.93. The number of ether oxygens (including phenoxy) is 1. The van der Waals surface area contributed by atoms with Gasteiger partial charge in [0.2, 0.25) is 5.71 Å². The van der Waals surface area contributed by atoms with E-state index in [9.17, 15) is 0 Å². The number of aromatic nitrogens is 2. The van der Waals surface area contributed by atoms with Crippen LogP contribution in [0.2, 0.25) is 5.15 Å². The number of fused-ring (bicyclic) bond motifs is 1. The van der Waals surface area contributed by atoms with Crippen molar-refractivity contribution in [1.82, 2.24) is 9.97 Å². The summed E-state index contributed by atoms with van der Waals surface area (Å²) in [6, 6.07) is 7.96. The first-order valence-corrected chi connectivity index (χ1v) is 8.23. The van der Waals surface area contributed by atoms with Crippen LogP contribution >= 0.6 is 11.6 Å². The molecule has 2 aromatic heterocycles. The fourth-order valence-electron chi connectivity index (χ4n) is 3.38. The predicted octanol–water partition coefficient (Wildman–Crippen LogP) is 5.21. The van der Waals surface area contributed by atoms with Gasteiger partial charge in [0.15, 0.2) is 0 Å². The summed E-state index contributed by atoms with van der Waals surface area (Å²) in [6.45, 7) is 0. The van der Waals surface area contributed by atoms with Crippen LogP contribution in [0.25, 0.3) is 22.4 Å². The smallest absolute Gasteiger partial charge is 0.246 e. The van der Waals surface area contributed by atoms with Crippen LogP contribution in [0.15, 0.2) is 34.9 Å². The summed E-state index contributed by atoms with van der Waals surface area (Å²) in [4.78, 5) is 8.77. The minimum absolute atomic E-state index is 0.381. The highest BCUT2D eigenvalue weighted by atomic mass is 35.5. The largest absolute Gasteiger partial charge is 0.497 e. The third kappa shape index (κ3) is 2.57. The lowest BCUT2D eigenvalue weighted by Gasteiger charge is -2.09. The molecule has 0 N–H and O–H groups in total. The Morgan fingerprint density at radius 2 is 1.91 bits per heavy atom. The molecular formula is C18H17ClN2O2. The first-order valence-electron chi connectivity index (χ1n) is 7.85. The van der Waals surface area contributed by atoms with Crippen molar-refractivity contribution in [3.63, 3.8) is 0 Å². The molecule has 0 spiro atoms.